The van der Waals surface area contributed by atoms with Crippen molar-refractivity contribution in [1.82, 2.24) is 9.80 Å². The molecule has 2 rings (SSSR count). The molecule has 0 saturated carbocycles. The third-order valence-corrected chi connectivity index (χ3v) is 3.85. The molecule has 1 heterocycles. The van der Waals surface area contributed by atoms with Gasteiger partial charge in [-0.2, -0.15) is 8.78 Å². The van der Waals surface area contributed by atoms with Gasteiger partial charge in [0.2, 0.25) is 0 Å². The number of carbonyl (C=O) groups is 1. The van der Waals surface area contributed by atoms with E-state index in [-0.39, 0.29) is 23.3 Å². The second-order valence-corrected chi connectivity index (χ2v) is 5.93. The van der Waals surface area contributed by atoms with Gasteiger partial charge in [-0.1, -0.05) is 12.1 Å². The quantitative estimate of drug-likeness (QED) is 0.763. The Kier molecular flexibility index (Phi) is 6.93. The zero-order valence-corrected chi connectivity index (χ0v) is 14.1. The standard InChI is InChI=1S/C17H24F2N2O3/c1-13(2)23-12-11-20-7-9-21(10-8-20)16(22)14-5-3-4-6-15(14)24-17(18)19/h3-6,13,17H,7-12H2,1-2H3. The Hall–Kier alpha value is -1.73. The fraction of sp³-hybridized carbons (Fsp3) is 0.588. The van der Waals surface area contributed by atoms with E-state index in [1.165, 1.54) is 12.1 Å². The molecule has 1 fully saturated rings. The molecule has 0 N–H and O–H groups in total. The second kappa shape index (κ2) is 8.94. The molecule has 24 heavy (non-hydrogen) atoms. The minimum atomic E-state index is -2.95. The van der Waals surface area contributed by atoms with Crippen LogP contribution in [-0.4, -0.2) is 67.8 Å². The highest BCUT2D eigenvalue weighted by atomic mass is 19.3. The minimum Gasteiger partial charge on any atom is -0.434 e. The first kappa shape index (κ1) is 18.6. The van der Waals surface area contributed by atoms with Crippen LogP contribution >= 0.6 is 0 Å². The average molecular weight is 342 g/mol. The summed E-state index contributed by atoms with van der Waals surface area (Å²) < 4.78 is 34.9. The van der Waals surface area contributed by atoms with Gasteiger partial charge >= 0.3 is 6.61 Å². The van der Waals surface area contributed by atoms with Crippen LogP contribution in [-0.2, 0) is 4.74 Å². The average Bonchev–Trinajstić information content (AvgIpc) is 2.54. The van der Waals surface area contributed by atoms with E-state index < -0.39 is 6.61 Å². The number of para-hydroxylation sites is 1. The van der Waals surface area contributed by atoms with Gasteiger partial charge in [0.1, 0.15) is 5.75 Å². The lowest BCUT2D eigenvalue weighted by Crippen LogP contribution is -2.49. The van der Waals surface area contributed by atoms with Crippen LogP contribution in [0.2, 0.25) is 0 Å². The number of benzene rings is 1. The van der Waals surface area contributed by atoms with E-state index in [9.17, 15) is 13.6 Å². The van der Waals surface area contributed by atoms with Crippen LogP contribution in [0.15, 0.2) is 24.3 Å². The number of amides is 1. The minimum absolute atomic E-state index is 0.0785. The largest absolute Gasteiger partial charge is 0.434 e. The summed E-state index contributed by atoms with van der Waals surface area (Å²) in [5, 5.41) is 0. The number of alkyl halides is 2. The van der Waals surface area contributed by atoms with E-state index >= 15 is 0 Å². The zero-order chi connectivity index (χ0) is 17.5. The first-order valence-electron chi connectivity index (χ1n) is 8.14. The Balaban J connectivity index is 1.89. The number of ether oxygens (including phenoxy) is 2. The van der Waals surface area contributed by atoms with Gasteiger partial charge < -0.3 is 14.4 Å². The monoisotopic (exact) mass is 342 g/mol. The van der Waals surface area contributed by atoms with Crippen molar-refractivity contribution in [1.29, 1.82) is 0 Å². The lowest BCUT2D eigenvalue weighted by Gasteiger charge is -2.35. The molecule has 7 heteroatoms. The van der Waals surface area contributed by atoms with Gasteiger partial charge in [-0.3, -0.25) is 9.69 Å². The smallest absolute Gasteiger partial charge is 0.387 e. The first-order chi connectivity index (χ1) is 11.5. The molecule has 1 amide bonds. The van der Waals surface area contributed by atoms with Gasteiger partial charge in [0.25, 0.3) is 5.91 Å². The van der Waals surface area contributed by atoms with E-state index in [1.54, 1.807) is 17.0 Å². The van der Waals surface area contributed by atoms with Crippen molar-refractivity contribution in [2.45, 2.75) is 26.6 Å². The molecule has 1 aliphatic heterocycles. The van der Waals surface area contributed by atoms with E-state index in [4.69, 9.17) is 4.74 Å². The van der Waals surface area contributed by atoms with Crippen molar-refractivity contribution >= 4 is 5.91 Å². The highest BCUT2D eigenvalue weighted by molar-refractivity contribution is 5.97. The van der Waals surface area contributed by atoms with E-state index in [2.05, 4.69) is 9.64 Å². The molecule has 1 aromatic carbocycles. The maximum atomic E-state index is 12.6. The second-order valence-electron chi connectivity index (χ2n) is 5.93. The predicted molar refractivity (Wildman–Crippen MR) is 86.5 cm³/mol. The van der Waals surface area contributed by atoms with Gasteiger partial charge in [-0.05, 0) is 26.0 Å². The maximum Gasteiger partial charge on any atom is 0.387 e. The summed E-state index contributed by atoms with van der Waals surface area (Å²) in [4.78, 5) is 16.5. The summed E-state index contributed by atoms with van der Waals surface area (Å²) in [5.41, 5.74) is 0.175. The number of piperazine rings is 1. The van der Waals surface area contributed by atoms with Gasteiger partial charge in [-0.15, -0.1) is 0 Å². The van der Waals surface area contributed by atoms with Crippen LogP contribution in [0.1, 0.15) is 24.2 Å². The molecule has 1 aliphatic rings. The lowest BCUT2D eigenvalue weighted by atomic mass is 10.1. The summed E-state index contributed by atoms with van der Waals surface area (Å²) in [6.07, 6.45) is 0.208. The number of hydrogen-bond donors (Lipinski definition) is 0. The van der Waals surface area contributed by atoms with E-state index in [0.717, 1.165) is 19.6 Å². The van der Waals surface area contributed by atoms with Gasteiger partial charge in [-0.25, -0.2) is 0 Å². The molecule has 0 unspecified atom stereocenters. The Morgan fingerprint density at radius 2 is 1.83 bits per heavy atom. The summed E-state index contributed by atoms with van der Waals surface area (Å²) >= 11 is 0. The summed E-state index contributed by atoms with van der Waals surface area (Å²) in [6.45, 7) is 5.13. The molecule has 0 atom stereocenters. The van der Waals surface area contributed by atoms with Gasteiger partial charge in [0.15, 0.2) is 0 Å². The van der Waals surface area contributed by atoms with Gasteiger partial charge in [0.05, 0.1) is 18.3 Å². The molecule has 1 aromatic rings. The third kappa shape index (κ3) is 5.42. The Morgan fingerprint density at radius 1 is 1.17 bits per heavy atom. The van der Waals surface area contributed by atoms with E-state index in [0.29, 0.717) is 19.7 Å². The fourth-order valence-electron chi connectivity index (χ4n) is 2.60. The third-order valence-electron chi connectivity index (χ3n) is 3.85. The normalized spacial score (nSPS) is 16.0. The van der Waals surface area contributed by atoms with Crippen molar-refractivity contribution in [3.63, 3.8) is 0 Å². The molecule has 0 radical (unpaired) electrons. The van der Waals surface area contributed by atoms with E-state index in [1.807, 2.05) is 13.8 Å². The molecule has 5 nitrogen and oxygen atoms in total. The van der Waals surface area contributed by atoms with Crippen molar-refractivity contribution < 1.29 is 23.0 Å². The summed E-state index contributed by atoms with van der Waals surface area (Å²) in [5.74, 6) is -0.352. The van der Waals surface area contributed by atoms with Crippen LogP contribution in [0.5, 0.6) is 5.75 Å². The van der Waals surface area contributed by atoms with Gasteiger partial charge in [0, 0.05) is 32.7 Å². The topological polar surface area (TPSA) is 42.0 Å². The Morgan fingerprint density at radius 3 is 2.46 bits per heavy atom. The molecule has 0 bridgehead atoms. The van der Waals surface area contributed by atoms with Crippen molar-refractivity contribution in [3.05, 3.63) is 29.8 Å². The summed E-state index contributed by atoms with van der Waals surface area (Å²) in [6, 6.07) is 6.12. The number of halogens is 2. The van der Waals surface area contributed by atoms with Crippen LogP contribution in [0.4, 0.5) is 8.78 Å². The Labute approximate surface area is 141 Å². The predicted octanol–water partition coefficient (Wildman–Crippen LogP) is 2.47. The number of hydrogen-bond acceptors (Lipinski definition) is 4. The highest BCUT2D eigenvalue weighted by Crippen LogP contribution is 2.22. The maximum absolute atomic E-state index is 12.6. The summed E-state index contributed by atoms with van der Waals surface area (Å²) in [7, 11) is 0. The van der Waals surface area contributed by atoms with Crippen LogP contribution in [0, 0.1) is 0 Å². The zero-order valence-electron chi connectivity index (χ0n) is 14.1. The highest BCUT2D eigenvalue weighted by Gasteiger charge is 2.24. The fourth-order valence-corrected chi connectivity index (χ4v) is 2.60. The van der Waals surface area contributed by atoms with Crippen LogP contribution < -0.4 is 4.74 Å². The SMILES string of the molecule is CC(C)OCCN1CCN(C(=O)c2ccccc2OC(F)F)CC1. The van der Waals surface area contributed by atoms with Crippen molar-refractivity contribution in [2.75, 3.05) is 39.3 Å². The Bertz CT molecular complexity index is 532. The van der Waals surface area contributed by atoms with Crippen molar-refractivity contribution in [2.24, 2.45) is 0 Å². The number of rotatable bonds is 7. The molecular formula is C17H24F2N2O3. The molecule has 134 valence electrons. The molecule has 1 saturated heterocycles. The molecule has 0 aromatic heterocycles. The first-order valence-corrected chi connectivity index (χ1v) is 8.14. The number of nitrogens with zero attached hydrogens (tertiary/aromatic N) is 2. The lowest BCUT2D eigenvalue weighted by molar-refractivity contribution is -0.0503. The van der Waals surface area contributed by atoms with Crippen LogP contribution in [0.25, 0.3) is 0 Å². The molecular weight excluding hydrogens is 318 g/mol. The van der Waals surface area contributed by atoms with Crippen LogP contribution in [0.3, 0.4) is 0 Å². The van der Waals surface area contributed by atoms with Crippen molar-refractivity contribution in [3.8, 4) is 5.75 Å². The number of carbonyl (C=O) groups excluding carboxylic acids is 1. The molecule has 0 aliphatic carbocycles. The molecule has 0 spiro atoms.